The molecule has 0 saturated heterocycles. The number of ether oxygens (including phenoxy) is 1. The molecule has 11 nitrogen and oxygen atoms in total. The number of hydrogen-bond acceptors (Lipinski definition) is 8. The number of nitrogens with zero attached hydrogens (tertiary/aromatic N) is 4. The highest BCUT2D eigenvalue weighted by molar-refractivity contribution is 6.00. The van der Waals surface area contributed by atoms with Crippen molar-refractivity contribution in [2.75, 3.05) is 32.1 Å². The van der Waals surface area contributed by atoms with Crippen LogP contribution in [0, 0.1) is 17.2 Å². The zero-order valence-corrected chi connectivity index (χ0v) is 22.1. The highest BCUT2D eigenvalue weighted by atomic mass is 19.1. The third kappa shape index (κ3) is 6.68. The number of halogens is 1. The van der Waals surface area contributed by atoms with Crippen LogP contribution in [-0.2, 0) is 9.53 Å². The van der Waals surface area contributed by atoms with Crippen molar-refractivity contribution in [3.8, 4) is 17.5 Å². The fraction of sp³-hybridized carbons (Fsp3) is 0.444. The lowest BCUT2D eigenvalue weighted by atomic mass is 9.80. The number of nitriles is 1. The molecule has 0 aliphatic heterocycles. The van der Waals surface area contributed by atoms with Crippen LogP contribution in [0.5, 0.6) is 0 Å². The van der Waals surface area contributed by atoms with Gasteiger partial charge in [-0.25, -0.2) is 8.91 Å². The third-order valence-corrected chi connectivity index (χ3v) is 6.71. The number of amides is 2. The van der Waals surface area contributed by atoms with E-state index >= 15 is 0 Å². The molecule has 206 valence electrons. The lowest BCUT2D eigenvalue weighted by Crippen LogP contribution is -2.43. The first-order valence-corrected chi connectivity index (χ1v) is 12.6. The zero-order chi connectivity index (χ0) is 28.2. The summed E-state index contributed by atoms with van der Waals surface area (Å²) in [5, 5.41) is 32.1. The first-order valence-electron chi connectivity index (χ1n) is 12.6. The Morgan fingerprint density at radius 3 is 2.74 bits per heavy atom. The minimum Gasteiger partial charge on any atom is -0.387 e. The molecule has 0 radical (unpaired) electrons. The van der Waals surface area contributed by atoms with Gasteiger partial charge in [-0.3, -0.25) is 14.6 Å². The maximum absolute atomic E-state index is 14.3. The van der Waals surface area contributed by atoms with Gasteiger partial charge in [0.15, 0.2) is 0 Å². The standard InChI is InChI=1S/C27H32FN7O4/c1-27(2,38)24(28)14-32-26(37)20-13-30-22(23-5-4-19-8-17(10-29)12-33-35(19)23)9-21(20)34-18-6-16(7-18)11-31-25(36)15-39-3/h4-5,8-9,12-13,16,18,24,38H,6-7,11,14-15H2,1-3H3,(H,30,34)(H,31,36)(H,32,37)/t16?,18?,24-/m1/s1. The molecule has 2 amide bonds. The Morgan fingerprint density at radius 1 is 1.28 bits per heavy atom. The second-order valence-electron chi connectivity index (χ2n) is 10.3. The summed E-state index contributed by atoms with van der Waals surface area (Å²) in [6.45, 7) is 2.88. The fourth-order valence-electron chi connectivity index (χ4n) is 4.36. The van der Waals surface area contributed by atoms with Crippen molar-refractivity contribution in [1.82, 2.24) is 25.2 Å². The van der Waals surface area contributed by atoms with Gasteiger partial charge < -0.3 is 25.8 Å². The first kappa shape index (κ1) is 27.9. The molecule has 3 heterocycles. The van der Waals surface area contributed by atoms with Crippen LogP contribution in [0.3, 0.4) is 0 Å². The molecule has 4 rings (SSSR count). The number of anilines is 1. The van der Waals surface area contributed by atoms with Crippen LogP contribution >= 0.6 is 0 Å². The van der Waals surface area contributed by atoms with Crippen molar-refractivity contribution >= 4 is 23.0 Å². The maximum atomic E-state index is 14.3. The Kier molecular flexibility index (Phi) is 8.42. The number of hydrogen-bond donors (Lipinski definition) is 4. The molecule has 1 aliphatic rings. The number of aromatic nitrogens is 3. The van der Waals surface area contributed by atoms with Gasteiger partial charge in [-0.1, -0.05) is 0 Å². The van der Waals surface area contributed by atoms with E-state index in [1.807, 2.05) is 12.1 Å². The number of fused-ring (bicyclic) bond motifs is 1. The van der Waals surface area contributed by atoms with E-state index in [9.17, 15) is 19.1 Å². The van der Waals surface area contributed by atoms with Gasteiger partial charge in [0.25, 0.3) is 5.91 Å². The van der Waals surface area contributed by atoms with Crippen LogP contribution in [0.1, 0.15) is 42.6 Å². The van der Waals surface area contributed by atoms with Crippen LogP contribution < -0.4 is 16.0 Å². The van der Waals surface area contributed by atoms with Gasteiger partial charge in [-0.15, -0.1) is 0 Å². The molecule has 4 N–H and O–H groups in total. The maximum Gasteiger partial charge on any atom is 0.255 e. The molecule has 1 aliphatic carbocycles. The summed E-state index contributed by atoms with van der Waals surface area (Å²) in [6, 6.07) is 9.24. The van der Waals surface area contributed by atoms with Crippen molar-refractivity contribution in [2.24, 2.45) is 5.92 Å². The summed E-state index contributed by atoms with van der Waals surface area (Å²) in [5.41, 5.74) is 1.54. The van der Waals surface area contributed by atoms with Crippen LogP contribution in [0.2, 0.25) is 0 Å². The molecule has 0 unspecified atom stereocenters. The largest absolute Gasteiger partial charge is 0.387 e. The van der Waals surface area contributed by atoms with E-state index in [-0.39, 0.29) is 36.6 Å². The lowest BCUT2D eigenvalue weighted by molar-refractivity contribution is -0.125. The normalized spacial score (nSPS) is 17.6. The van der Waals surface area contributed by atoms with Crippen LogP contribution in [0.15, 0.2) is 36.7 Å². The van der Waals surface area contributed by atoms with Gasteiger partial charge >= 0.3 is 0 Å². The molecule has 3 aromatic heterocycles. The summed E-state index contributed by atoms with van der Waals surface area (Å²) in [7, 11) is 1.47. The van der Waals surface area contributed by atoms with E-state index < -0.39 is 17.7 Å². The zero-order valence-electron chi connectivity index (χ0n) is 22.1. The number of nitrogens with one attached hydrogen (secondary N) is 3. The molecule has 1 atom stereocenters. The molecule has 0 aromatic carbocycles. The van der Waals surface area contributed by atoms with Gasteiger partial charge in [-0.2, -0.15) is 10.4 Å². The third-order valence-electron chi connectivity index (χ3n) is 6.71. The summed E-state index contributed by atoms with van der Waals surface area (Å²) in [6.07, 6.45) is 2.80. The highest BCUT2D eigenvalue weighted by Crippen LogP contribution is 2.32. The monoisotopic (exact) mass is 537 g/mol. The number of methoxy groups -OCH3 is 1. The molecule has 12 heteroatoms. The van der Waals surface area contributed by atoms with Crippen LogP contribution in [0.25, 0.3) is 16.9 Å². The summed E-state index contributed by atoms with van der Waals surface area (Å²) in [4.78, 5) is 29.2. The SMILES string of the molecule is COCC(=O)NCC1CC(Nc2cc(-c3ccc4cc(C#N)cnn34)ncc2C(=O)NC[C@@H](F)C(C)(C)O)C1. The second-order valence-corrected chi connectivity index (χ2v) is 10.3. The molecule has 3 aromatic rings. The minimum absolute atomic E-state index is 0.0148. The van der Waals surface area contributed by atoms with E-state index in [0.717, 1.165) is 18.4 Å². The Bertz CT molecular complexity index is 1390. The quantitative estimate of drug-likeness (QED) is 0.290. The van der Waals surface area contributed by atoms with E-state index in [0.29, 0.717) is 29.2 Å². The van der Waals surface area contributed by atoms with Crippen LogP contribution in [-0.4, -0.2) is 76.1 Å². The number of carbonyl (C=O) groups excluding carboxylic acids is 2. The molecular weight excluding hydrogens is 505 g/mol. The lowest BCUT2D eigenvalue weighted by Gasteiger charge is -2.37. The number of rotatable bonds is 11. The van der Waals surface area contributed by atoms with Gasteiger partial charge in [0, 0.05) is 25.9 Å². The summed E-state index contributed by atoms with van der Waals surface area (Å²) in [5.74, 6) is -0.407. The van der Waals surface area contributed by atoms with E-state index in [1.165, 1.54) is 33.4 Å². The summed E-state index contributed by atoms with van der Waals surface area (Å²) < 4.78 is 20.8. The molecule has 1 fully saturated rings. The van der Waals surface area contributed by atoms with Gasteiger partial charge in [0.1, 0.15) is 18.8 Å². The van der Waals surface area contributed by atoms with Crippen LogP contribution in [0.4, 0.5) is 10.1 Å². The number of pyridine rings is 1. The Hall–Kier alpha value is -4.08. The van der Waals surface area contributed by atoms with E-state index in [4.69, 9.17) is 10.00 Å². The second kappa shape index (κ2) is 11.8. The highest BCUT2D eigenvalue weighted by Gasteiger charge is 2.31. The predicted molar refractivity (Wildman–Crippen MR) is 142 cm³/mol. The number of alkyl halides is 1. The number of aliphatic hydroxyl groups is 1. The summed E-state index contributed by atoms with van der Waals surface area (Å²) >= 11 is 0. The van der Waals surface area contributed by atoms with Crippen molar-refractivity contribution < 1.29 is 23.8 Å². The van der Waals surface area contributed by atoms with Crippen molar-refractivity contribution in [2.45, 2.75) is 44.5 Å². The van der Waals surface area contributed by atoms with Gasteiger partial charge in [-0.05, 0) is 56.9 Å². The van der Waals surface area contributed by atoms with Gasteiger partial charge in [0.2, 0.25) is 5.91 Å². The molecule has 0 bridgehead atoms. The Balaban J connectivity index is 1.54. The first-order chi connectivity index (χ1) is 18.6. The average molecular weight is 538 g/mol. The molecule has 1 saturated carbocycles. The van der Waals surface area contributed by atoms with Gasteiger partial charge in [0.05, 0.1) is 52.1 Å². The predicted octanol–water partition coefficient (Wildman–Crippen LogP) is 2.06. The number of carbonyl (C=O) groups is 2. The molecule has 0 spiro atoms. The average Bonchev–Trinajstić information content (AvgIpc) is 3.31. The van der Waals surface area contributed by atoms with E-state index in [2.05, 4.69) is 32.1 Å². The molecular formula is C27H32FN7O4. The van der Waals surface area contributed by atoms with Crippen molar-refractivity contribution in [3.63, 3.8) is 0 Å². The Labute approximate surface area is 225 Å². The Morgan fingerprint density at radius 2 is 2.05 bits per heavy atom. The minimum atomic E-state index is -1.65. The van der Waals surface area contributed by atoms with Crippen molar-refractivity contribution in [3.05, 3.63) is 47.8 Å². The van der Waals surface area contributed by atoms with E-state index in [1.54, 1.807) is 16.6 Å². The van der Waals surface area contributed by atoms with Crippen molar-refractivity contribution in [1.29, 1.82) is 5.26 Å². The smallest absolute Gasteiger partial charge is 0.255 e. The molecule has 39 heavy (non-hydrogen) atoms. The topological polar surface area (TPSA) is 154 Å². The fourth-order valence-corrected chi connectivity index (χ4v) is 4.36.